The third-order valence-electron chi connectivity index (χ3n) is 4.36. The Labute approximate surface area is 147 Å². The number of aliphatic hydroxyl groups is 3. The predicted octanol–water partition coefficient (Wildman–Crippen LogP) is -1.16. The summed E-state index contributed by atoms with van der Waals surface area (Å²) >= 11 is 0. The summed E-state index contributed by atoms with van der Waals surface area (Å²) in [4.78, 5) is 18.8. The van der Waals surface area contributed by atoms with Crippen molar-refractivity contribution in [2.75, 3.05) is 12.3 Å². The van der Waals surface area contributed by atoms with Gasteiger partial charge in [-0.1, -0.05) is 5.92 Å². The minimum atomic E-state index is -1.69. The first kappa shape index (κ1) is 18.1. The van der Waals surface area contributed by atoms with Crippen molar-refractivity contribution in [2.45, 2.75) is 37.4 Å². The summed E-state index contributed by atoms with van der Waals surface area (Å²) in [5.41, 5.74) is 4.71. The number of nitrogens with zero attached hydrogens (tertiary/aromatic N) is 3. The Balaban J connectivity index is 2.16. The molecule has 4 atom stereocenters. The SMILES string of the molecule is C[C@@]1(O)C(O)C(CCO)OC1n1cc(C#CC(=O)O)c2c(N)ncnc21. The number of nitrogens with two attached hydrogens (primary N) is 1. The van der Waals surface area contributed by atoms with Crippen molar-refractivity contribution < 1.29 is 30.0 Å². The number of fused-ring (bicyclic) bond motifs is 1. The van der Waals surface area contributed by atoms with E-state index in [2.05, 4.69) is 15.9 Å². The van der Waals surface area contributed by atoms with Crippen molar-refractivity contribution in [1.29, 1.82) is 0 Å². The molecule has 138 valence electrons. The molecule has 0 amide bonds. The summed E-state index contributed by atoms with van der Waals surface area (Å²) in [5.74, 6) is 3.25. The summed E-state index contributed by atoms with van der Waals surface area (Å²) in [6.07, 6.45) is -0.288. The number of carbonyl (C=O) groups is 1. The van der Waals surface area contributed by atoms with E-state index in [0.29, 0.717) is 5.39 Å². The minimum Gasteiger partial charge on any atom is -0.472 e. The maximum atomic E-state index is 10.8. The highest BCUT2D eigenvalue weighted by atomic mass is 16.6. The monoisotopic (exact) mass is 362 g/mol. The van der Waals surface area contributed by atoms with Gasteiger partial charge in [-0.15, -0.1) is 0 Å². The van der Waals surface area contributed by atoms with Crippen LogP contribution in [0.1, 0.15) is 25.1 Å². The smallest absolute Gasteiger partial charge is 0.382 e. The van der Waals surface area contributed by atoms with Gasteiger partial charge in [0.25, 0.3) is 0 Å². The Bertz CT molecular complexity index is 913. The lowest BCUT2D eigenvalue weighted by molar-refractivity contribution is -0.130. The standard InChI is InChI=1S/C16H18N4O6/c1-16(25)12(24)9(4-5-21)26-15(16)20-6-8(2-3-10(22)23)11-13(17)18-7-19-14(11)20/h6-7,9,12,15,21,24-25H,4-5H2,1H3,(H,22,23)(H2,17,18,19)/t9?,12?,15?,16-/m1/s1. The van der Waals surface area contributed by atoms with E-state index >= 15 is 0 Å². The fourth-order valence-corrected chi connectivity index (χ4v) is 3.10. The van der Waals surface area contributed by atoms with Crippen LogP contribution in [0, 0.1) is 11.8 Å². The second-order valence-corrected chi connectivity index (χ2v) is 6.17. The quantitative estimate of drug-likeness (QED) is 0.424. The number of carboxylic acid groups (broad SMARTS) is 1. The molecule has 2 aromatic rings. The zero-order valence-electron chi connectivity index (χ0n) is 13.8. The highest BCUT2D eigenvalue weighted by molar-refractivity contribution is 5.94. The van der Waals surface area contributed by atoms with Crippen LogP contribution in [0.15, 0.2) is 12.5 Å². The van der Waals surface area contributed by atoms with Crippen molar-refractivity contribution in [1.82, 2.24) is 14.5 Å². The third-order valence-corrected chi connectivity index (χ3v) is 4.36. The molecule has 0 bridgehead atoms. The average Bonchev–Trinajstić information content (AvgIpc) is 3.04. The molecule has 10 heteroatoms. The summed E-state index contributed by atoms with van der Waals surface area (Å²) in [5, 5.41) is 39.3. The first-order valence-electron chi connectivity index (χ1n) is 7.80. The van der Waals surface area contributed by atoms with Gasteiger partial charge in [-0.3, -0.25) is 0 Å². The highest BCUT2D eigenvalue weighted by Crippen LogP contribution is 2.41. The van der Waals surface area contributed by atoms with Gasteiger partial charge in [0.2, 0.25) is 0 Å². The van der Waals surface area contributed by atoms with Crippen LogP contribution in [0.2, 0.25) is 0 Å². The summed E-state index contributed by atoms with van der Waals surface area (Å²) in [6, 6.07) is 0. The number of aromatic nitrogens is 3. The molecule has 0 spiro atoms. The molecule has 3 unspecified atom stereocenters. The van der Waals surface area contributed by atoms with Gasteiger partial charge >= 0.3 is 5.97 Å². The molecule has 3 heterocycles. The lowest BCUT2D eigenvalue weighted by atomic mass is 9.95. The van der Waals surface area contributed by atoms with Gasteiger partial charge in [-0.2, -0.15) is 0 Å². The Morgan fingerprint density at radius 2 is 2.23 bits per heavy atom. The number of aliphatic hydroxyl groups excluding tert-OH is 2. The predicted molar refractivity (Wildman–Crippen MR) is 88.7 cm³/mol. The van der Waals surface area contributed by atoms with Gasteiger partial charge in [0.15, 0.2) is 6.23 Å². The fourth-order valence-electron chi connectivity index (χ4n) is 3.10. The third kappa shape index (κ3) is 2.87. The number of hydrogen-bond donors (Lipinski definition) is 5. The number of aliphatic carboxylic acids is 1. The molecule has 10 nitrogen and oxygen atoms in total. The largest absolute Gasteiger partial charge is 0.472 e. The van der Waals surface area contributed by atoms with Crippen LogP contribution in [-0.4, -0.2) is 65.3 Å². The molecule has 1 saturated heterocycles. The second kappa shape index (κ2) is 6.54. The number of carboxylic acids is 1. The van der Waals surface area contributed by atoms with Gasteiger partial charge in [-0.05, 0) is 13.3 Å². The van der Waals surface area contributed by atoms with E-state index < -0.39 is 30.0 Å². The Hall–Kier alpha value is -2.71. The lowest BCUT2D eigenvalue weighted by Gasteiger charge is -2.27. The number of ether oxygens (including phenoxy) is 1. The van der Waals surface area contributed by atoms with Crippen molar-refractivity contribution in [3.8, 4) is 11.8 Å². The summed E-state index contributed by atoms with van der Waals surface area (Å²) < 4.78 is 7.17. The molecule has 1 aliphatic heterocycles. The van der Waals surface area contributed by atoms with Gasteiger partial charge in [0.05, 0.1) is 17.1 Å². The first-order valence-corrected chi connectivity index (χ1v) is 7.80. The molecule has 0 radical (unpaired) electrons. The Kier molecular flexibility index (Phi) is 4.55. The van der Waals surface area contributed by atoms with Crippen molar-refractivity contribution in [3.63, 3.8) is 0 Å². The van der Waals surface area contributed by atoms with Gasteiger partial charge in [0, 0.05) is 18.7 Å². The van der Waals surface area contributed by atoms with E-state index in [0.717, 1.165) is 0 Å². The van der Waals surface area contributed by atoms with Crippen LogP contribution in [0.25, 0.3) is 11.0 Å². The van der Waals surface area contributed by atoms with Crippen molar-refractivity contribution in [2.24, 2.45) is 0 Å². The normalized spacial score (nSPS) is 28.1. The number of nitrogen functional groups attached to an aromatic ring is 1. The topological polar surface area (TPSA) is 164 Å². The van der Waals surface area contributed by atoms with Crippen LogP contribution in [0.4, 0.5) is 5.82 Å². The van der Waals surface area contributed by atoms with E-state index in [-0.39, 0.29) is 30.1 Å². The first-order chi connectivity index (χ1) is 12.3. The maximum Gasteiger partial charge on any atom is 0.382 e. The molecular formula is C16H18N4O6. The van der Waals surface area contributed by atoms with Gasteiger partial charge in [0.1, 0.15) is 29.5 Å². The average molecular weight is 362 g/mol. The second-order valence-electron chi connectivity index (χ2n) is 6.17. The summed E-state index contributed by atoms with van der Waals surface area (Å²) in [6.45, 7) is 1.18. The molecule has 1 aliphatic rings. The van der Waals surface area contributed by atoms with Crippen LogP contribution in [0.5, 0.6) is 0 Å². The fraction of sp³-hybridized carbons (Fsp3) is 0.438. The van der Waals surface area contributed by atoms with Crippen LogP contribution >= 0.6 is 0 Å². The Morgan fingerprint density at radius 1 is 1.50 bits per heavy atom. The highest BCUT2D eigenvalue weighted by Gasteiger charge is 2.53. The van der Waals surface area contributed by atoms with Gasteiger partial charge < -0.3 is 35.5 Å². The maximum absolute atomic E-state index is 10.8. The number of hydrogen-bond acceptors (Lipinski definition) is 8. The molecule has 3 rings (SSSR count). The van der Waals surface area contributed by atoms with E-state index in [1.807, 2.05) is 5.92 Å². The molecule has 0 aliphatic carbocycles. The van der Waals surface area contributed by atoms with E-state index in [1.165, 1.54) is 24.0 Å². The minimum absolute atomic E-state index is 0.0912. The Morgan fingerprint density at radius 3 is 2.88 bits per heavy atom. The molecular weight excluding hydrogens is 344 g/mol. The zero-order valence-corrected chi connectivity index (χ0v) is 13.8. The van der Waals surface area contributed by atoms with Crippen LogP contribution in [-0.2, 0) is 9.53 Å². The van der Waals surface area contributed by atoms with Crippen molar-refractivity contribution in [3.05, 3.63) is 18.1 Å². The molecule has 2 aromatic heterocycles. The molecule has 26 heavy (non-hydrogen) atoms. The zero-order chi connectivity index (χ0) is 19.1. The van der Waals surface area contributed by atoms with E-state index in [1.54, 1.807) is 0 Å². The molecule has 0 saturated carbocycles. The van der Waals surface area contributed by atoms with E-state index in [4.69, 9.17) is 20.7 Å². The number of anilines is 1. The van der Waals surface area contributed by atoms with Crippen LogP contribution in [0.3, 0.4) is 0 Å². The lowest BCUT2D eigenvalue weighted by Crippen LogP contribution is -2.43. The summed E-state index contributed by atoms with van der Waals surface area (Å²) in [7, 11) is 0. The van der Waals surface area contributed by atoms with Crippen LogP contribution < -0.4 is 5.73 Å². The molecule has 1 fully saturated rings. The van der Waals surface area contributed by atoms with Gasteiger partial charge in [-0.25, -0.2) is 14.8 Å². The number of rotatable bonds is 3. The van der Waals surface area contributed by atoms with E-state index in [9.17, 15) is 15.0 Å². The van der Waals surface area contributed by atoms with Crippen molar-refractivity contribution >= 4 is 22.8 Å². The molecule has 0 aromatic carbocycles. The molecule has 6 N–H and O–H groups in total.